The third-order valence-electron chi connectivity index (χ3n) is 4.19. The van der Waals surface area contributed by atoms with Crippen LogP contribution in [0.3, 0.4) is 0 Å². The number of ether oxygens (including phenoxy) is 3. The van der Waals surface area contributed by atoms with E-state index in [1.807, 2.05) is 19.1 Å². The Bertz CT molecular complexity index is 479. The van der Waals surface area contributed by atoms with Crippen LogP contribution in [0.25, 0.3) is 0 Å². The number of rotatable bonds is 4. The molecule has 2 N–H and O–H groups in total. The third-order valence-corrected chi connectivity index (χ3v) is 4.19. The topological polar surface area (TPSA) is 53.7 Å². The fraction of sp³-hybridized carbons (Fsp3) is 0.647. The van der Waals surface area contributed by atoms with Crippen LogP contribution in [0.2, 0.25) is 0 Å². The van der Waals surface area contributed by atoms with E-state index in [1.54, 1.807) is 0 Å². The molecule has 116 valence electrons. The standard InChI is InChI=1S/C17H25NO3/c1-12(18)8-13-9-16-17(20-11-19-16)10-15(13)21-14-6-4-2-3-5-7-14/h9-10,12,14H,2-8,11,18H2,1H3. The highest BCUT2D eigenvalue weighted by Gasteiger charge is 2.21. The lowest BCUT2D eigenvalue weighted by Gasteiger charge is -2.20. The first-order valence-corrected chi connectivity index (χ1v) is 8.07. The van der Waals surface area contributed by atoms with Crippen molar-refractivity contribution in [1.29, 1.82) is 0 Å². The lowest BCUT2D eigenvalue weighted by atomic mass is 10.0. The van der Waals surface area contributed by atoms with Gasteiger partial charge >= 0.3 is 0 Å². The molecular weight excluding hydrogens is 266 g/mol. The first-order valence-electron chi connectivity index (χ1n) is 8.07. The second-order valence-electron chi connectivity index (χ2n) is 6.23. The van der Waals surface area contributed by atoms with Crippen molar-refractivity contribution in [2.24, 2.45) is 5.73 Å². The second kappa shape index (κ2) is 6.56. The molecule has 1 aliphatic heterocycles. The van der Waals surface area contributed by atoms with E-state index >= 15 is 0 Å². The quantitative estimate of drug-likeness (QED) is 0.864. The van der Waals surface area contributed by atoms with E-state index in [9.17, 15) is 0 Å². The predicted octanol–water partition coefficient (Wildman–Crippen LogP) is 3.41. The Balaban J connectivity index is 1.81. The molecule has 21 heavy (non-hydrogen) atoms. The Morgan fingerprint density at radius 2 is 1.81 bits per heavy atom. The molecule has 1 aromatic rings. The van der Waals surface area contributed by atoms with E-state index in [0.29, 0.717) is 12.9 Å². The van der Waals surface area contributed by atoms with Gasteiger partial charge in [0.2, 0.25) is 6.79 Å². The van der Waals surface area contributed by atoms with Crippen molar-refractivity contribution in [3.63, 3.8) is 0 Å². The van der Waals surface area contributed by atoms with Crippen molar-refractivity contribution in [1.82, 2.24) is 0 Å². The van der Waals surface area contributed by atoms with E-state index < -0.39 is 0 Å². The highest BCUT2D eigenvalue weighted by Crippen LogP contribution is 2.39. The summed E-state index contributed by atoms with van der Waals surface area (Å²) in [5.41, 5.74) is 7.09. The molecule has 0 radical (unpaired) electrons. The zero-order chi connectivity index (χ0) is 14.7. The van der Waals surface area contributed by atoms with Gasteiger partial charge in [-0.05, 0) is 50.7 Å². The molecule has 1 aliphatic carbocycles. The summed E-state index contributed by atoms with van der Waals surface area (Å²) in [6.07, 6.45) is 8.58. The van der Waals surface area contributed by atoms with Gasteiger partial charge in [-0.1, -0.05) is 12.8 Å². The van der Waals surface area contributed by atoms with Crippen LogP contribution in [0, 0.1) is 0 Å². The van der Waals surface area contributed by atoms with Crippen molar-refractivity contribution < 1.29 is 14.2 Å². The van der Waals surface area contributed by atoms with Gasteiger partial charge in [0, 0.05) is 12.1 Å². The van der Waals surface area contributed by atoms with Crippen LogP contribution in [-0.2, 0) is 6.42 Å². The molecule has 0 aromatic heterocycles. The van der Waals surface area contributed by atoms with Gasteiger partial charge in [0.1, 0.15) is 5.75 Å². The third kappa shape index (κ3) is 3.62. The van der Waals surface area contributed by atoms with Gasteiger partial charge in [0.05, 0.1) is 6.10 Å². The molecule has 1 unspecified atom stereocenters. The normalized spacial score (nSPS) is 20.1. The van der Waals surface area contributed by atoms with Crippen molar-refractivity contribution in [3.8, 4) is 17.2 Å². The van der Waals surface area contributed by atoms with Crippen LogP contribution in [0.15, 0.2) is 12.1 Å². The minimum absolute atomic E-state index is 0.0989. The molecule has 0 bridgehead atoms. The van der Waals surface area contributed by atoms with E-state index in [4.69, 9.17) is 19.9 Å². The molecule has 1 saturated carbocycles. The maximum Gasteiger partial charge on any atom is 0.231 e. The summed E-state index contributed by atoms with van der Waals surface area (Å²) in [5.74, 6) is 2.51. The first-order chi connectivity index (χ1) is 10.2. The van der Waals surface area contributed by atoms with E-state index in [1.165, 1.54) is 25.7 Å². The molecule has 3 rings (SSSR count). The average molecular weight is 291 g/mol. The molecule has 2 aliphatic rings. The van der Waals surface area contributed by atoms with Crippen molar-refractivity contribution in [2.45, 2.75) is 64.0 Å². The maximum absolute atomic E-state index is 6.30. The highest BCUT2D eigenvalue weighted by molar-refractivity contribution is 5.52. The molecule has 1 aromatic carbocycles. The number of hydrogen-bond acceptors (Lipinski definition) is 4. The molecule has 1 fully saturated rings. The maximum atomic E-state index is 6.30. The molecule has 0 spiro atoms. The molecule has 4 nitrogen and oxygen atoms in total. The summed E-state index contributed by atoms with van der Waals surface area (Å²) in [6.45, 7) is 2.31. The van der Waals surface area contributed by atoms with Crippen molar-refractivity contribution >= 4 is 0 Å². The summed E-state index contributed by atoms with van der Waals surface area (Å²) >= 11 is 0. The Labute approximate surface area is 126 Å². The minimum Gasteiger partial charge on any atom is -0.490 e. The Morgan fingerprint density at radius 3 is 2.48 bits per heavy atom. The van der Waals surface area contributed by atoms with Gasteiger partial charge in [-0.15, -0.1) is 0 Å². The van der Waals surface area contributed by atoms with Crippen LogP contribution in [0.5, 0.6) is 17.2 Å². The minimum atomic E-state index is 0.0989. The van der Waals surface area contributed by atoms with E-state index in [2.05, 4.69) is 0 Å². The molecule has 1 atom stereocenters. The lowest BCUT2D eigenvalue weighted by molar-refractivity contribution is 0.172. The average Bonchev–Trinajstić information content (AvgIpc) is 2.73. The number of benzene rings is 1. The zero-order valence-corrected chi connectivity index (χ0v) is 12.8. The smallest absolute Gasteiger partial charge is 0.231 e. The van der Waals surface area contributed by atoms with Crippen LogP contribution >= 0.6 is 0 Å². The van der Waals surface area contributed by atoms with Crippen LogP contribution in [0.4, 0.5) is 0 Å². The van der Waals surface area contributed by atoms with Crippen molar-refractivity contribution in [2.75, 3.05) is 6.79 Å². The molecular formula is C17H25NO3. The van der Waals surface area contributed by atoms with Crippen LogP contribution < -0.4 is 19.9 Å². The fourth-order valence-electron chi connectivity index (χ4n) is 3.12. The summed E-state index contributed by atoms with van der Waals surface area (Å²) in [5, 5.41) is 0. The monoisotopic (exact) mass is 291 g/mol. The Morgan fingerprint density at radius 1 is 1.14 bits per heavy atom. The second-order valence-corrected chi connectivity index (χ2v) is 6.23. The summed E-state index contributed by atoms with van der Waals surface area (Å²) in [4.78, 5) is 0. The van der Waals surface area contributed by atoms with Gasteiger partial charge in [-0.3, -0.25) is 0 Å². The Hall–Kier alpha value is -1.42. The van der Waals surface area contributed by atoms with Gasteiger partial charge < -0.3 is 19.9 Å². The molecule has 0 amide bonds. The van der Waals surface area contributed by atoms with Crippen LogP contribution in [0.1, 0.15) is 51.0 Å². The molecule has 4 heteroatoms. The fourth-order valence-corrected chi connectivity index (χ4v) is 3.12. The van der Waals surface area contributed by atoms with E-state index in [-0.39, 0.29) is 6.04 Å². The largest absolute Gasteiger partial charge is 0.490 e. The van der Waals surface area contributed by atoms with Gasteiger partial charge in [0.15, 0.2) is 11.5 Å². The highest BCUT2D eigenvalue weighted by atomic mass is 16.7. The van der Waals surface area contributed by atoms with E-state index in [0.717, 1.165) is 42.1 Å². The SMILES string of the molecule is CC(N)Cc1cc2c(cc1OC1CCCCCC1)OCO2. The number of fused-ring (bicyclic) bond motifs is 1. The van der Waals surface area contributed by atoms with Crippen LogP contribution in [-0.4, -0.2) is 18.9 Å². The lowest BCUT2D eigenvalue weighted by Crippen LogP contribution is -2.20. The summed E-state index contributed by atoms with van der Waals surface area (Å²) < 4.78 is 17.2. The number of hydrogen-bond donors (Lipinski definition) is 1. The predicted molar refractivity (Wildman–Crippen MR) is 82.0 cm³/mol. The van der Waals surface area contributed by atoms with Crippen molar-refractivity contribution in [3.05, 3.63) is 17.7 Å². The first kappa shape index (κ1) is 14.5. The molecule has 1 heterocycles. The van der Waals surface area contributed by atoms with Gasteiger partial charge in [0.25, 0.3) is 0 Å². The van der Waals surface area contributed by atoms with Gasteiger partial charge in [-0.2, -0.15) is 0 Å². The Kier molecular flexibility index (Phi) is 4.54. The zero-order valence-electron chi connectivity index (χ0n) is 12.8. The van der Waals surface area contributed by atoms with Gasteiger partial charge in [-0.25, -0.2) is 0 Å². The summed E-state index contributed by atoms with van der Waals surface area (Å²) in [6, 6.07) is 4.10. The summed E-state index contributed by atoms with van der Waals surface area (Å²) in [7, 11) is 0. The molecule has 0 saturated heterocycles. The number of nitrogens with two attached hydrogens (primary N) is 1.